The van der Waals surface area contributed by atoms with Crippen molar-refractivity contribution in [3.63, 3.8) is 0 Å². The molecule has 7 heteroatoms. The van der Waals surface area contributed by atoms with Crippen LogP contribution in [0.3, 0.4) is 0 Å². The van der Waals surface area contributed by atoms with Gasteiger partial charge in [-0.15, -0.1) is 0 Å². The first-order valence-corrected chi connectivity index (χ1v) is 12.7. The van der Waals surface area contributed by atoms with E-state index in [1.807, 2.05) is 43.5 Å². The minimum Gasteiger partial charge on any atom is -0.497 e. The van der Waals surface area contributed by atoms with Crippen molar-refractivity contribution in [1.29, 1.82) is 0 Å². The van der Waals surface area contributed by atoms with Gasteiger partial charge in [0.2, 0.25) is 5.91 Å². The molecule has 0 saturated heterocycles. The molecule has 0 radical (unpaired) electrons. The monoisotopic (exact) mass is 495 g/mol. The van der Waals surface area contributed by atoms with Crippen LogP contribution >= 0.6 is 0 Å². The molecule has 0 aliphatic heterocycles. The topological polar surface area (TPSA) is 109 Å². The quantitative estimate of drug-likeness (QED) is 0.190. The largest absolute Gasteiger partial charge is 0.497 e. The summed E-state index contributed by atoms with van der Waals surface area (Å²) in [6.45, 7) is 2.62. The molecule has 1 amide bonds. The molecule has 3 aromatic carbocycles. The third-order valence-electron chi connectivity index (χ3n) is 6.93. The number of nitrogens with two attached hydrogens (primary N) is 1. The van der Waals surface area contributed by atoms with Crippen LogP contribution in [0.25, 0.3) is 32.9 Å². The van der Waals surface area contributed by atoms with E-state index in [1.54, 1.807) is 7.11 Å². The number of imidazole rings is 1. The molecule has 0 bridgehead atoms. The van der Waals surface area contributed by atoms with Gasteiger partial charge in [-0.2, -0.15) is 0 Å². The second-order valence-corrected chi connectivity index (χ2v) is 9.47. The second-order valence-electron chi connectivity index (χ2n) is 9.47. The van der Waals surface area contributed by atoms with E-state index in [0.717, 1.165) is 64.3 Å². The maximum atomic E-state index is 13.3. The molecule has 5 rings (SSSR count). The van der Waals surface area contributed by atoms with E-state index < -0.39 is 0 Å². The van der Waals surface area contributed by atoms with E-state index in [2.05, 4.69) is 50.6 Å². The number of H-pyrrole nitrogens is 2. The molecule has 0 aliphatic carbocycles. The number of amides is 1. The van der Waals surface area contributed by atoms with Gasteiger partial charge in [0.25, 0.3) is 0 Å². The predicted octanol–water partition coefficient (Wildman–Crippen LogP) is 5.56. The van der Waals surface area contributed by atoms with Crippen molar-refractivity contribution in [2.24, 2.45) is 5.73 Å². The van der Waals surface area contributed by atoms with E-state index >= 15 is 0 Å². The molecule has 2 aromatic heterocycles. The Hall–Kier alpha value is -4.10. The highest BCUT2D eigenvalue weighted by Gasteiger charge is 2.20. The lowest BCUT2D eigenvalue weighted by Gasteiger charge is -2.17. The van der Waals surface area contributed by atoms with Crippen LogP contribution in [-0.4, -0.2) is 34.5 Å². The van der Waals surface area contributed by atoms with Crippen molar-refractivity contribution in [3.05, 3.63) is 83.9 Å². The fourth-order valence-electron chi connectivity index (χ4n) is 4.91. The number of aromatic nitrogens is 3. The van der Waals surface area contributed by atoms with E-state index in [-0.39, 0.29) is 18.4 Å². The van der Waals surface area contributed by atoms with Gasteiger partial charge in [0.05, 0.1) is 31.5 Å². The van der Waals surface area contributed by atoms with Crippen LogP contribution in [0.2, 0.25) is 0 Å². The minimum absolute atomic E-state index is 0.0479. The third kappa shape index (κ3) is 5.37. The number of ether oxygens (including phenoxy) is 1. The zero-order valence-corrected chi connectivity index (χ0v) is 21.3. The molecular formula is C30H33N5O2. The molecule has 5 N–H and O–H groups in total. The predicted molar refractivity (Wildman–Crippen MR) is 149 cm³/mol. The third-order valence-corrected chi connectivity index (χ3v) is 6.93. The standard InChI is InChI=1S/C30H33N5O2/c1-19-24(25-16-23(37-2)12-13-26(25)33-19)17-29(36)34-27(9-5-6-14-31)30-32-18-28(35-30)22-11-10-20-7-3-4-8-21(20)15-22/h3-4,7-8,10-13,15-16,18,27,33H,5-6,9,14,17,31H2,1-2H3,(H,32,35)(H,34,36)/t27-/m0/s1. The summed E-state index contributed by atoms with van der Waals surface area (Å²) in [4.78, 5) is 24.8. The van der Waals surface area contributed by atoms with Gasteiger partial charge in [0.1, 0.15) is 11.6 Å². The summed E-state index contributed by atoms with van der Waals surface area (Å²) in [5.74, 6) is 1.48. The first-order chi connectivity index (χ1) is 18.1. The summed E-state index contributed by atoms with van der Waals surface area (Å²) in [5, 5.41) is 6.60. The number of nitrogens with one attached hydrogen (secondary N) is 3. The fourth-order valence-corrected chi connectivity index (χ4v) is 4.91. The van der Waals surface area contributed by atoms with E-state index in [0.29, 0.717) is 6.54 Å². The maximum absolute atomic E-state index is 13.3. The van der Waals surface area contributed by atoms with Gasteiger partial charge in [-0.1, -0.05) is 36.4 Å². The average Bonchev–Trinajstić information content (AvgIpc) is 3.52. The lowest BCUT2D eigenvalue weighted by molar-refractivity contribution is -0.121. The summed E-state index contributed by atoms with van der Waals surface area (Å²) < 4.78 is 5.39. The van der Waals surface area contributed by atoms with Gasteiger partial charge in [-0.05, 0) is 73.3 Å². The Morgan fingerprint density at radius 1 is 1.05 bits per heavy atom. The van der Waals surface area contributed by atoms with E-state index in [9.17, 15) is 4.79 Å². The second kappa shape index (κ2) is 10.9. The SMILES string of the molecule is COc1ccc2[nH]c(C)c(CC(=O)N[C@@H](CCCCN)c3ncc(-c4ccc5ccccc5c4)[nH]3)c2c1. The zero-order valence-electron chi connectivity index (χ0n) is 21.3. The van der Waals surface area contributed by atoms with Crippen molar-refractivity contribution in [2.75, 3.05) is 13.7 Å². The number of nitrogens with zero attached hydrogens (tertiary/aromatic N) is 1. The first kappa shape index (κ1) is 24.6. The number of aryl methyl sites for hydroxylation is 1. The van der Waals surface area contributed by atoms with Crippen molar-refractivity contribution < 1.29 is 9.53 Å². The van der Waals surface area contributed by atoms with Crippen LogP contribution in [-0.2, 0) is 11.2 Å². The summed E-state index contributed by atoms with van der Waals surface area (Å²) in [6.07, 6.45) is 4.67. The number of carbonyl (C=O) groups excluding carboxylic acids is 1. The molecule has 0 spiro atoms. The van der Waals surface area contributed by atoms with Gasteiger partial charge >= 0.3 is 0 Å². The number of carbonyl (C=O) groups is 1. The van der Waals surface area contributed by atoms with Crippen molar-refractivity contribution in [1.82, 2.24) is 20.3 Å². The van der Waals surface area contributed by atoms with Gasteiger partial charge < -0.3 is 25.8 Å². The van der Waals surface area contributed by atoms with Crippen molar-refractivity contribution in [3.8, 4) is 17.0 Å². The Labute approximate surface area is 216 Å². The fraction of sp³-hybridized carbons (Fsp3) is 0.267. The van der Waals surface area contributed by atoms with Crippen molar-refractivity contribution in [2.45, 2.75) is 38.6 Å². The van der Waals surface area contributed by atoms with Gasteiger partial charge in [0.15, 0.2) is 0 Å². The summed E-state index contributed by atoms with van der Waals surface area (Å²) >= 11 is 0. The van der Waals surface area contributed by atoms with Crippen LogP contribution in [0.5, 0.6) is 5.75 Å². The van der Waals surface area contributed by atoms with Gasteiger partial charge in [0, 0.05) is 22.2 Å². The average molecular weight is 496 g/mol. The first-order valence-electron chi connectivity index (χ1n) is 12.7. The molecule has 0 unspecified atom stereocenters. The Morgan fingerprint density at radius 2 is 1.89 bits per heavy atom. The van der Waals surface area contributed by atoms with Crippen LogP contribution < -0.4 is 15.8 Å². The van der Waals surface area contributed by atoms with Crippen molar-refractivity contribution >= 4 is 27.6 Å². The van der Waals surface area contributed by atoms with Gasteiger partial charge in [-0.3, -0.25) is 4.79 Å². The molecule has 0 aliphatic rings. The molecule has 0 fully saturated rings. The molecule has 2 heterocycles. The molecule has 7 nitrogen and oxygen atoms in total. The molecular weight excluding hydrogens is 462 g/mol. The highest BCUT2D eigenvalue weighted by molar-refractivity contribution is 5.91. The molecule has 37 heavy (non-hydrogen) atoms. The summed E-state index contributed by atoms with van der Waals surface area (Å²) in [6, 6.07) is 20.3. The number of benzene rings is 3. The van der Waals surface area contributed by atoms with Gasteiger partial charge in [-0.25, -0.2) is 4.98 Å². The normalized spacial score (nSPS) is 12.2. The smallest absolute Gasteiger partial charge is 0.225 e. The zero-order chi connectivity index (χ0) is 25.8. The molecule has 1 atom stereocenters. The Balaban J connectivity index is 1.37. The highest BCUT2D eigenvalue weighted by atomic mass is 16.5. The number of hydrogen-bond donors (Lipinski definition) is 4. The maximum Gasteiger partial charge on any atom is 0.225 e. The number of hydrogen-bond acceptors (Lipinski definition) is 4. The Bertz CT molecular complexity index is 1530. The van der Waals surface area contributed by atoms with Crippen LogP contribution in [0.15, 0.2) is 66.9 Å². The summed E-state index contributed by atoms with van der Waals surface area (Å²) in [5.41, 5.74) is 10.7. The number of unbranched alkanes of at least 4 members (excludes halogenated alkanes) is 1. The number of rotatable bonds is 10. The molecule has 190 valence electrons. The Morgan fingerprint density at radius 3 is 2.70 bits per heavy atom. The lowest BCUT2D eigenvalue weighted by atomic mass is 10.0. The number of aromatic amines is 2. The summed E-state index contributed by atoms with van der Waals surface area (Å²) in [7, 11) is 1.65. The van der Waals surface area contributed by atoms with E-state index in [1.165, 1.54) is 10.8 Å². The number of fused-ring (bicyclic) bond motifs is 2. The highest BCUT2D eigenvalue weighted by Crippen LogP contribution is 2.28. The van der Waals surface area contributed by atoms with Crippen LogP contribution in [0.1, 0.15) is 42.4 Å². The van der Waals surface area contributed by atoms with Crippen LogP contribution in [0, 0.1) is 6.92 Å². The van der Waals surface area contributed by atoms with E-state index in [4.69, 9.17) is 10.5 Å². The van der Waals surface area contributed by atoms with Crippen LogP contribution in [0.4, 0.5) is 0 Å². The minimum atomic E-state index is -0.228. The molecule has 5 aromatic rings. The molecule has 0 saturated carbocycles. The Kier molecular flexibility index (Phi) is 7.23. The lowest BCUT2D eigenvalue weighted by Crippen LogP contribution is -2.30. The number of methoxy groups -OCH3 is 1.